The molecule has 5 nitrogen and oxygen atoms in total. The summed E-state index contributed by atoms with van der Waals surface area (Å²) >= 11 is 7.73. The van der Waals surface area contributed by atoms with Gasteiger partial charge in [0.25, 0.3) is 0 Å². The Morgan fingerprint density at radius 2 is 2.22 bits per heavy atom. The van der Waals surface area contributed by atoms with E-state index >= 15 is 0 Å². The zero-order valence-electron chi connectivity index (χ0n) is 12.7. The fraction of sp³-hybridized carbons (Fsp3) is 0.400. The standard InChI is InChI=1S/C15H18ClN3O2S2/c1-2-17-23(20,21)11-7-8-19(9-11)15-18-14(10-22-15)12-5-3-4-6-13(12)16/h3-6,10-11,17H,2,7-9H2,1H3. The van der Waals surface area contributed by atoms with Crippen LogP contribution in [-0.4, -0.2) is 38.3 Å². The van der Waals surface area contributed by atoms with Crippen molar-refractivity contribution in [2.75, 3.05) is 24.5 Å². The third kappa shape index (κ3) is 3.52. The minimum atomic E-state index is -3.24. The maximum absolute atomic E-state index is 12.1. The summed E-state index contributed by atoms with van der Waals surface area (Å²) in [5.41, 5.74) is 1.72. The number of anilines is 1. The lowest BCUT2D eigenvalue weighted by Crippen LogP contribution is -2.36. The molecular formula is C15H18ClN3O2S2. The molecule has 1 aliphatic rings. The van der Waals surface area contributed by atoms with Crippen LogP contribution in [0.4, 0.5) is 5.13 Å². The molecule has 1 aliphatic heterocycles. The highest BCUT2D eigenvalue weighted by molar-refractivity contribution is 7.90. The molecule has 1 aromatic carbocycles. The summed E-state index contributed by atoms with van der Waals surface area (Å²) in [7, 11) is -3.24. The van der Waals surface area contributed by atoms with Crippen molar-refractivity contribution < 1.29 is 8.42 Å². The van der Waals surface area contributed by atoms with Crippen LogP contribution in [0.15, 0.2) is 29.6 Å². The molecule has 1 aromatic heterocycles. The predicted octanol–water partition coefficient (Wildman–Crippen LogP) is 2.98. The SMILES string of the molecule is CCNS(=O)(=O)C1CCN(c2nc(-c3ccccc3Cl)cs2)C1. The maximum atomic E-state index is 12.1. The molecule has 8 heteroatoms. The van der Waals surface area contributed by atoms with Crippen molar-refractivity contribution in [3.05, 3.63) is 34.7 Å². The van der Waals surface area contributed by atoms with E-state index in [1.807, 2.05) is 34.5 Å². The smallest absolute Gasteiger partial charge is 0.216 e. The molecule has 0 radical (unpaired) electrons. The fourth-order valence-corrected chi connectivity index (χ4v) is 5.20. The predicted molar refractivity (Wildman–Crippen MR) is 95.8 cm³/mol. The summed E-state index contributed by atoms with van der Waals surface area (Å²) in [5.74, 6) is 0. The second-order valence-electron chi connectivity index (χ2n) is 5.39. The van der Waals surface area contributed by atoms with Crippen molar-refractivity contribution in [1.29, 1.82) is 0 Å². The molecule has 1 atom stereocenters. The monoisotopic (exact) mass is 371 g/mol. The molecule has 0 aliphatic carbocycles. The van der Waals surface area contributed by atoms with Crippen molar-refractivity contribution >= 4 is 38.1 Å². The van der Waals surface area contributed by atoms with Crippen LogP contribution in [0.25, 0.3) is 11.3 Å². The summed E-state index contributed by atoms with van der Waals surface area (Å²) in [5, 5.41) is 3.09. The largest absolute Gasteiger partial charge is 0.347 e. The molecule has 1 saturated heterocycles. The molecule has 2 heterocycles. The number of hydrogen-bond acceptors (Lipinski definition) is 5. The van der Waals surface area contributed by atoms with Gasteiger partial charge in [-0.15, -0.1) is 11.3 Å². The number of thiazole rings is 1. The van der Waals surface area contributed by atoms with Gasteiger partial charge in [-0.25, -0.2) is 18.1 Å². The van der Waals surface area contributed by atoms with Crippen LogP contribution >= 0.6 is 22.9 Å². The van der Waals surface area contributed by atoms with Crippen molar-refractivity contribution in [3.63, 3.8) is 0 Å². The molecule has 0 amide bonds. The minimum Gasteiger partial charge on any atom is -0.347 e. The molecule has 23 heavy (non-hydrogen) atoms. The van der Waals surface area contributed by atoms with E-state index in [0.29, 0.717) is 31.1 Å². The van der Waals surface area contributed by atoms with Gasteiger partial charge in [-0.2, -0.15) is 0 Å². The molecule has 2 aromatic rings. The van der Waals surface area contributed by atoms with Crippen molar-refractivity contribution in [1.82, 2.24) is 9.71 Å². The average molecular weight is 372 g/mol. The van der Waals surface area contributed by atoms with Crippen molar-refractivity contribution in [2.45, 2.75) is 18.6 Å². The minimum absolute atomic E-state index is 0.380. The van der Waals surface area contributed by atoms with Crippen LogP contribution in [0.3, 0.4) is 0 Å². The van der Waals surface area contributed by atoms with Crippen LogP contribution in [0.5, 0.6) is 0 Å². The molecule has 0 saturated carbocycles. The number of sulfonamides is 1. The fourth-order valence-electron chi connectivity index (χ4n) is 2.68. The number of nitrogens with zero attached hydrogens (tertiary/aromatic N) is 2. The summed E-state index contributed by atoms with van der Waals surface area (Å²) in [6.45, 7) is 3.39. The van der Waals surface area contributed by atoms with E-state index < -0.39 is 10.0 Å². The number of halogens is 1. The highest BCUT2D eigenvalue weighted by atomic mass is 35.5. The van der Waals surface area contributed by atoms with Gasteiger partial charge >= 0.3 is 0 Å². The lowest BCUT2D eigenvalue weighted by Gasteiger charge is -2.15. The Labute approximate surface area is 145 Å². The van der Waals surface area contributed by atoms with E-state index in [9.17, 15) is 8.42 Å². The van der Waals surface area contributed by atoms with Crippen molar-refractivity contribution in [2.24, 2.45) is 0 Å². The van der Waals surface area contributed by atoms with Gasteiger partial charge in [0.1, 0.15) is 0 Å². The first kappa shape index (κ1) is 16.7. The highest BCUT2D eigenvalue weighted by Crippen LogP contribution is 2.33. The Morgan fingerprint density at radius 3 is 2.96 bits per heavy atom. The van der Waals surface area contributed by atoms with E-state index in [-0.39, 0.29) is 5.25 Å². The summed E-state index contributed by atoms with van der Waals surface area (Å²) in [6, 6.07) is 7.58. The van der Waals surface area contributed by atoms with Crippen LogP contribution < -0.4 is 9.62 Å². The van der Waals surface area contributed by atoms with Gasteiger partial charge in [0.05, 0.1) is 10.9 Å². The van der Waals surface area contributed by atoms with Crippen LogP contribution in [0, 0.1) is 0 Å². The normalized spacial score (nSPS) is 18.5. The van der Waals surface area contributed by atoms with Gasteiger partial charge < -0.3 is 4.90 Å². The Morgan fingerprint density at radius 1 is 1.43 bits per heavy atom. The van der Waals surface area contributed by atoms with E-state index in [1.54, 1.807) is 6.92 Å². The Hall–Kier alpha value is -1.15. The van der Waals surface area contributed by atoms with Crippen LogP contribution in [0.2, 0.25) is 5.02 Å². The highest BCUT2D eigenvalue weighted by Gasteiger charge is 2.33. The second kappa shape index (κ2) is 6.76. The zero-order chi connectivity index (χ0) is 16.4. The lowest BCUT2D eigenvalue weighted by molar-refractivity contribution is 0.571. The first-order chi connectivity index (χ1) is 11.0. The average Bonchev–Trinajstić information content (AvgIpc) is 3.17. The third-order valence-electron chi connectivity index (χ3n) is 3.84. The lowest BCUT2D eigenvalue weighted by atomic mass is 10.2. The van der Waals surface area contributed by atoms with Gasteiger partial charge in [-0.3, -0.25) is 0 Å². The number of rotatable bonds is 5. The maximum Gasteiger partial charge on any atom is 0.216 e. The molecular weight excluding hydrogens is 354 g/mol. The quantitative estimate of drug-likeness (QED) is 0.877. The van der Waals surface area contributed by atoms with E-state index in [4.69, 9.17) is 11.6 Å². The van der Waals surface area contributed by atoms with Crippen LogP contribution in [0.1, 0.15) is 13.3 Å². The molecule has 0 spiro atoms. The van der Waals surface area contributed by atoms with E-state index in [1.165, 1.54) is 11.3 Å². The third-order valence-corrected chi connectivity index (χ3v) is 7.03. The Bertz CT molecular complexity index is 792. The van der Waals surface area contributed by atoms with Crippen LogP contribution in [-0.2, 0) is 10.0 Å². The number of benzene rings is 1. The van der Waals surface area contributed by atoms with Gasteiger partial charge in [-0.1, -0.05) is 36.7 Å². The number of aromatic nitrogens is 1. The Kier molecular flexibility index (Phi) is 4.91. The first-order valence-electron chi connectivity index (χ1n) is 7.45. The summed E-state index contributed by atoms with van der Waals surface area (Å²) in [6.07, 6.45) is 0.621. The van der Waals surface area contributed by atoms with E-state index in [0.717, 1.165) is 16.4 Å². The molecule has 0 bridgehead atoms. The van der Waals surface area contributed by atoms with Gasteiger partial charge in [-0.05, 0) is 12.5 Å². The molecule has 1 fully saturated rings. The zero-order valence-corrected chi connectivity index (χ0v) is 15.1. The van der Waals surface area contributed by atoms with Gasteiger partial charge in [0.15, 0.2) is 5.13 Å². The van der Waals surface area contributed by atoms with Crippen molar-refractivity contribution in [3.8, 4) is 11.3 Å². The molecule has 124 valence electrons. The Balaban J connectivity index is 1.76. The molecule has 3 rings (SSSR count). The molecule has 1 unspecified atom stereocenters. The summed E-state index contributed by atoms with van der Waals surface area (Å²) in [4.78, 5) is 6.66. The topological polar surface area (TPSA) is 62.3 Å². The number of nitrogens with one attached hydrogen (secondary N) is 1. The van der Waals surface area contributed by atoms with E-state index in [2.05, 4.69) is 9.71 Å². The first-order valence-corrected chi connectivity index (χ1v) is 10.3. The molecule has 1 N–H and O–H groups in total. The van der Waals surface area contributed by atoms with Gasteiger partial charge in [0.2, 0.25) is 10.0 Å². The summed E-state index contributed by atoms with van der Waals surface area (Å²) < 4.78 is 26.8. The van der Waals surface area contributed by atoms with Gasteiger partial charge in [0, 0.05) is 35.6 Å². The second-order valence-corrected chi connectivity index (χ2v) is 8.68. The number of hydrogen-bond donors (Lipinski definition) is 1.